The maximum Gasteiger partial charge on any atom is 0.0507 e. The third-order valence-electron chi connectivity index (χ3n) is 8.53. The van der Waals surface area contributed by atoms with E-state index in [1.54, 1.807) is 11.1 Å². The monoisotopic (exact) mass is 507 g/mol. The Bertz CT molecular complexity index is 1140. The highest BCUT2D eigenvalue weighted by atomic mass is 14.9. The van der Waals surface area contributed by atoms with E-state index in [1.165, 1.54) is 61.0 Å². The van der Waals surface area contributed by atoms with Gasteiger partial charge in [0.15, 0.2) is 0 Å². The van der Waals surface area contributed by atoms with Gasteiger partial charge in [-0.25, -0.2) is 0 Å². The van der Waals surface area contributed by atoms with E-state index in [0.717, 1.165) is 38.8 Å². The average Bonchev–Trinajstić information content (AvgIpc) is 3.00. The quantitative estimate of drug-likeness (QED) is 0.311. The number of hydrogen-bond acceptors (Lipinski definition) is 3. The summed E-state index contributed by atoms with van der Waals surface area (Å²) in [5.74, 6) is 1.11. The van der Waals surface area contributed by atoms with Crippen LogP contribution in [0.1, 0.15) is 76.7 Å². The van der Waals surface area contributed by atoms with E-state index in [9.17, 15) is 0 Å². The molecule has 0 bridgehead atoms. The summed E-state index contributed by atoms with van der Waals surface area (Å²) in [6.45, 7) is 4.21. The van der Waals surface area contributed by atoms with Gasteiger partial charge in [0.1, 0.15) is 0 Å². The first-order valence-corrected chi connectivity index (χ1v) is 15.0. The number of anilines is 1. The number of hydrogen-bond donors (Lipinski definition) is 2. The van der Waals surface area contributed by atoms with Crippen molar-refractivity contribution in [2.45, 2.75) is 77.2 Å². The summed E-state index contributed by atoms with van der Waals surface area (Å²) in [4.78, 5) is 4.54. The third-order valence-corrected chi connectivity index (χ3v) is 8.53. The molecule has 1 aliphatic heterocycles. The van der Waals surface area contributed by atoms with Crippen LogP contribution in [-0.2, 0) is 0 Å². The minimum absolute atomic E-state index is 0.271. The van der Waals surface area contributed by atoms with E-state index in [0.29, 0.717) is 11.8 Å². The van der Waals surface area contributed by atoms with Gasteiger partial charge in [0.25, 0.3) is 0 Å². The minimum Gasteiger partial charge on any atom is -0.382 e. The second kappa shape index (κ2) is 13.6. The molecule has 3 heteroatoms. The normalized spacial score (nSPS) is 23.2. The Labute approximate surface area is 230 Å². The summed E-state index contributed by atoms with van der Waals surface area (Å²) in [5, 5.41) is 7.54. The fraction of sp³-hybridized carbons (Fsp3) is 0.457. The number of allylic oxidation sites excluding steroid dienone is 7. The van der Waals surface area contributed by atoms with Crippen LogP contribution in [0, 0.1) is 11.8 Å². The Morgan fingerprint density at radius 3 is 2.66 bits per heavy atom. The van der Waals surface area contributed by atoms with Crippen molar-refractivity contribution < 1.29 is 0 Å². The van der Waals surface area contributed by atoms with Crippen LogP contribution in [0.25, 0.3) is 5.57 Å². The van der Waals surface area contributed by atoms with Crippen LogP contribution in [-0.4, -0.2) is 25.3 Å². The van der Waals surface area contributed by atoms with Gasteiger partial charge in [0.05, 0.1) is 6.04 Å². The predicted octanol–water partition coefficient (Wildman–Crippen LogP) is 8.57. The highest BCUT2D eigenvalue weighted by Gasteiger charge is 2.20. The molecule has 1 heterocycles. The lowest BCUT2D eigenvalue weighted by Crippen LogP contribution is -2.27. The summed E-state index contributed by atoms with van der Waals surface area (Å²) in [7, 11) is 0. The van der Waals surface area contributed by atoms with Gasteiger partial charge in [-0.3, -0.25) is 4.99 Å². The first kappa shape index (κ1) is 26.5. The van der Waals surface area contributed by atoms with Gasteiger partial charge in [-0.2, -0.15) is 0 Å². The van der Waals surface area contributed by atoms with Crippen molar-refractivity contribution in [3.05, 3.63) is 95.3 Å². The first-order valence-electron chi connectivity index (χ1n) is 15.0. The van der Waals surface area contributed by atoms with E-state index < -0.39 is 0 Å². The van der Waals surface area contributed by atoms with Crippen molar-refractivity contribution in [1.29, 1.82) is 0 Å². The molecule has 2 N–H and O–H groups in total. The molecule has 0 saturated heterocycles. The summed E-state index contributed by atoms with van der Waals surface area (Å²) >= 11 is 0. The third kappa shape index (κ3) is 7.28. The van der Waals surface area contributed by atoms with Gasteiger partial charge in [0.2, 0.25) is 0 Å². The topological polar surface area (TPSA) is 36.4 Å². The molecule has 0 fully saturated rings. The number of aliphatic imine (C=N–C) groups is 1. The fourth-order valence-electron chi connectivity index (χ4n) is 6.15. The Morgan fingerprint density at radius 2 is 1.89 bits per heavy atom. The van der Waals surface area contributed by atoms with Crippen LogP contribution in [0.2, 0.25) is 0 Å². The summed E-state index contributed by atoms with van der Waals surface area (Å²) in [5.41, 5.74) is 8.31. The number of nitrogens with one attached hydrogen (secondary N) is 2. The van der Waals surface area contributed by atoms with Crippen molar-refractivity contribution >= 4 is 17.5 Å². The van der Waals surface area contributed by atoms with Crippen LogP contribution in [0.3, 0.4) is 0 Å². The first-order chi connectivity index (χ1) is 18.8. The average molecular weight is 508 g/mol. The zero-order valence-electron chi connectivity index (χ0n) is 23.2. The van der Waals surface area contributed by atoms with Crippen LogP contribution in [0.15, 0.2) is 94.7 Å². The van der Waals surface area contributed by atoms with Gasteiger partial charge in [-0.15, -0.1) is 0 Å². The molecule has 1 aromatic carbocycles. The molecule has 0 saturated carbocycles. The number of benzene rings is 1. The fourth-order valence-corrected chi connectivity index (χ4v) is 6.15. The predicted molar refractivity (Wildman–Crippen MR) is 165 cm³/mol. The van der Waals surface area contributed by atoms with Crippen LogP contribution in [0.5, 0.6) is 0 Å². The highest BCUT2D eigenvalue weighted by molar-refractivity contribution is 5.75. The van der Waals surface area contributed by atoms with Crippen molar-refractivity contribution in [2.75, 3.05) is 18.4 Å². The van der Waals surface area contributed by atoms with Crippen molar-refractivity contribution in [3.63, 3.8) is 0 Å². The van der Waals surface area contributed by atoms with Gasteiger partial charge in [0, 0.05) is 36.3 Å². The Balaban J connectivity index is 1.22. The lowest BCUT2D eigenvalue weighted by molar-refractivity contribution is 0.545. The zero-order chi connectivity index (χ0) is 26.0. The van der Waals surface area contributed by atoms with Crippen molar-refractivity contribution in [2.24, 2.45) is 16.8 Å². The molecule has 3 atom stereocenters. The second-order valence-corrected chi connectivity index (χ2v) is 11.2. The maximum atomic E-state index is 4.54. The Morgan fingerprint density at radius 1 is 0.974 bits per heavy atom. The van der Waals surface area contributed by atoms with Gasteiger partial charge in [-0.1, -0.05) is 72.7 Å². The van der Waals surface area contributed by atoms with E-state index in [2.05, 4.69) is 102 Å². The molecule has 0 amide bonds. The molecular formula is C35H45N3. The molecule has 38 heavy (non-hydrogen) atoms. The largest absolute Gasteiger partial charge is 0.382 e. The maximum absolute atomic E-state index is 4.54. The van der Waals surface area contributed by atoms with E-state index in [4.69, 9.17) is 0 Å². The molecule has 5 rings (SSSR count). The summed E-state index contributed by atoms with van der Waals surface area (Å²) in [6, 6.07) is 9.27. The molecule has 3 nitrogen and oxygen atoms in total. The van der Waals surface area contributed by atoms with Crippen molar-refractivity contribution in [3.8, 4) is 0 Å². The second-order valence-electron chi connectivity index (χ2n) is 11.2. The molecule has 1 aromatic rings. The van der Waals surface area contributed by atoms with Gasteiger partial charge < -0.3 is 10.6 Å². The summed E-state index contributed by atoms with van der Waals surface area (Å²) in [6.07, 6.45) is 33.0. The van der Waals surface area contributed by atoms with Crippen LogP contribution >= 0.6 is 0 Å². The van der Waals surface area contributed by atoms with E-state index in [1.807, 2.05) is 0 Å². The molecule has 3 aliphatic carbocycles. The highest BCUT2D eigenvalue weighted by Crippen LogP contribution is 2.30. The lowest BCUT2D eigenvalue weighted by Gasteiger charge is -2.28. The van der Waals surface area contributed by atoms with Crippen LogP contribution in [0.4, 0.5) is 5.69 Å². The lowest BCUT2D eigenvalue weighted by atomic mass is 9.85. The molecule has 4 aliphatic rings. The molecule has 0 radical (unpaired) electrons. The van der Waals surface area contributed by atoms with Crippen molar-refractivity contribution in [1.82, 2.24) is 5.32 Å². The van der Waals surface area contributed by atoms with Crippen LogP contribution < -0.4 is 10.6 Å². The van der Waals surface area contributed by atoms with E-state index >= 15 is 0 Å². The summed E-state index contributed by atoms with van der Waals surface area (Å²) < 4.78 is 0. The Kier molecular flexibility index (Phi) is 9.53. The molecule has 3 unspecified atom stereocenters. The number of nitrogens with zero attached hydrogens (tertiary/aromatic N) is 1. The van der Waals surface area contributed by atoms with Gasteiger partial charge >= 0.3 is 0 Å². The molecule has 200 valence electrons. The van der Waals surface area contributed by atoms with E-state index in [-0.39, 0.29) is 6.04 Å². The zero-order valence-corrected chi connectivity index (χ0v) is 23.2. The number of rotatable bonds is 10. The van der Waals surface area contributed by atoms with Gasteiger partial charge in [-0.05, 0) is 99.8 Å². The smallest absolute Gasteiger partial charge is 0.0507 e. The molecule has 0 aromatic heterocycles. The Hall–Kier alpha value is -3.07. The SMILES string of the molecule is CC(C1=CCCCC1)C(/C=C\CNC1=CCCC(C2CCC=NC2)=C1)Nc1ccc(C2=CCCC=C2)cc1. The molecule has 0 spiro atoms. The standard InChI is InChI=1S/C35H45N3/c1-27(28-11-4-2-5-12-28)35(38-33-21-19-30(20-22-33)29-13-6-3-7-14-29)18-10-24-37-34-17-8-15-31(25-34)32-16-9-23-36-26-32/h6,10-11,13-14,17-23,25,27,32,35,37-38H,2-5,7-9,12,15-16,24,26H2,1H3/b18-10-. The minimum atomic E-state index is 0.271. The molecular weight excluding hydrogens is 462 g/mol.